The lowest BCUT2D eigenvalue weighted by molar-refractivity contribution is 0.568. The molecule has 0 aliphatic rings. The second-order valence-corrected chi connectivity index (χ2v) is 4.96. The van der Waals surface area contributed by atoms with Gasteiger partial charge in [0.05, 0.1) is 5.56 Å². The Morgan fingerprint density at radius 3 is 2.90 bits per heavy atom. The van der Waals surface area contributed by atoms with Crippen molar-refractivity contribution in [1.29, 1.82) is 5.26 Å². The second kappa shape index (κ2) is 6.96. The van der Waals surface area contributed by atoms with Gasteiger partial charge in [0.25, 0.3) is 0 Å². The molecule has 108 valence electrons. The highest BCUT2D eigenvalue weighted by atomic mass is 19.1. The van der Waals surface area contributed by atoms with E-state index >= 15 is 0 Å². The van der Waals surface area contributed by atoms with Crippen LogP contribution in [0.5, 0.6) is 0 Å². The van der Waals surface area contributed by atoms with Gasteiger partial charge in [-0.15, -0.1) is 0 Å². The summed E-state index contributed by atoms with van der Waals surface area (Å²) in [6.45, 7) is 4.78. The van der Waals surface area contributed by atoms with Crippen LogP contribution in [0.1, 0.15) is 42.1 Å². The van der Waals surface area contributed by atoms with Gasteiger partial charge < -0.3 is 5.32 Å². The number of halogens is 1. The number of pyridine rings is 1. The molecule has 0 spiro atoms. The zero-order valence-electron chi connectivity index (χ0n) is 12.2. The average Bonchev–Trinajstić information content (AvgIpc) is 2.53. The van der Waals surface area contributed by atoms with Crippen LogP contribution in [0.15, 0.2) is 36.7 Å². The monoisotopic (exact) mass is 283 g/mol. The van der Waals surface area contributed by atoms with Gasteiger partial charge in [0.2, 0.25) is 0 Å². The highest BCUT2D eigenvalue weighted by Gasteiger charge is 2.10. The van der Waals surface area contributed by atoms with Crippen LogP contribution in [0.3, 0.4) is 0 Å². The zero-order valence-corrected chi connectivity index (χ0v) is 12.2. The van der Waals surface area contributed by atoms with Crippen molar-refractivity contribution < 1.29 is 4.39 Å². The van der Waals surface area contributed by atoms with Gasteiger partial charge in [-0.2, -0.15) is 5.26 Å². The quantitative estimate of drug-likeness (QED) is 0.913. The van der Waals surface area contributed by atoms with Crippen molar-refractivity contribution in [3.63, 3.8) is 0 Å². The number of benzene rings is 1. The molecule has 0 amide bonds. The second-order valence-electron chi connectivity index (χ2n) is 4.96. The van der Waals surface area contributed by atoms with Crippen LogP contribution in [-0.4, -0.2) is 4.98 Å². The zero-order chi connectivity index (χ0) is 15.2. The first-order valence-corrected chi connectivity index (χ1v) is 7.00. The van der Waals surface area contributed by atoms with Gasteiger partial charge in [0.15, 0.2) is 0 Å². The number of hydrogen-bond donors (Lipinski definition) is 1. The molecule has 3 nitrogen and oxygen atoms in total. The number of hydrogen-bond acceptors (Lipinski definition) is 3. The molecule has 1 aromatic carbocycles. The third-order valence-corrected chi connectivity index (χ3v) is 3.55. The third-order valence-electron chi connectivity index (χ3n) is 3.55. The first kappa shape index (κ1) is 15.1. The van der Waals surface area contributed by atoms with Crippen molar-refractivity contribution >= 4 is 0 Å². The highest BCUT2D eigenvalue weighted by molar-refractivity contribution is 5.34. The molecule has 2 rings (SSSR count). The van der Waals surface area contributed by atoms with E-state index in [0.717, 1.165) is 12.0 Å². The first-order valence-electron chi connectivity index (χ1n) is 7.00. The van der Waals surface area contributed by atoms with E-state index in [1.165, 1.54) is 17.2 Å². The molecular weight excluding hydrogens is 265 g/mol. The van der Waals surface area contributed by atoms with Crippen molar-refractivity contribution in [2.75, 3.05) is 0 Å². The van der Waals surface area contributed by atoms with Crippen LogP contribution in [-0.2, 0) is 13.0 Å². The Morgan fingerprint density at radius 2 is 2.19 bits per heavy atom. The Hall–Kier alpha value is -2.25. The minimum Gasteiger partial charge on any atom is -0.306 e. The minimum absolute atomic E-state index is 0.0834. The Kier molecular flexibility index (Phi) is 5.02. The number of nitriles is 1. The number of nitrogens with one attached hydrogen (secondary N) is 1. The van der Waals surface area contributed by atoms with E-state index in [-0.39, 0.29) is 11.6 Å². The van der Waals surface area contributed by atoms with E-state index in [1.54, 1.807) is 18.3 Å². The number of aromatic nitrogens is 1. The van der Waals surface area contributed by atoms with Crippen LogP contribution < -0.4 is 5.32 Å². The van der Waals surface area contributed by atoms with E-state index < -0.39 is 5.82 Å². The molecular formula is C17H18FN3. The lowest BCUT2D eigenvalue weighted by atomic mass is 10.0. The minimum atomic E-state index is -0.475. The standard InChI is InChI=1S/C17H18FN3/c1-3-14-11-20-7-6-16(14)12(2)21-10-13-4-5-17(18)15(8-13)9-19/h4-8,11-12,21H,3,10H2,1-2H3/t12-/m1/s1. The topological polar surface area (TPSA) is 48.7 Å². The smallest absolute Gasteiger partial charge is 0.140 e. The summed E-state index contributed by atoms with van der Waals surface area (Å²) in [6, 6.07) is 8.66. The number of nitrogens with zero attached hydrogens (tertiary/aromatic N) is 2. The molecule has 1 heterocycles. The lowest BCUT2D eigenvalue weighted by Crippen LogP contribution is -2.19. The van der Waals surface area contributed by atoms with Gasteiger partial charge in [-0.05, 0) is 48.2 Å². The van der Waals surface area contributed by atoms with Gasteiger partial charge in [0.1, 0.15) is 11.9 Å². The fraction of sp³-hybridized carbons (Fsp3) is 0.294. The van der Waals surface area contributed by atoms with Crippen LogP contribution in [0, 0.1) is 17.1 Å². The SMILES string of the molecule is CCc1cnccc1[C@@H](C)NCc1ccc(F)c(C#N)c1. The third kappa shape index (κ3) is 3.65. The molecule has 21 heavy (non-hydrogen) atoms. The predicted octanol–water partition coefficient (Wildman–Crippen LogP) is 3.51. The van der Waals surface area contributed by atoms with Crippen molar-refractivity contribution in [3.8, 4) is 6.07 Å². The summed E-state index contributed by atoms with van der Waals surface area (Å²) in [6.07, 6.45) is 4.61. The van der Waals surface area contributed by atoms with Gasteiger partial charge in [0, 0.05) is 25.0 Å². The largest absolute Gasteiger partial charge is 0.306 e. The van der Waals surface area contributed by atoms with Crippen LogP contribution in [0.2, 0.25) is 0 Å². The molecule has 0 fully saturated rings. The molecule has 4 heteroatoms. The summed E-state index contributed by atoms with van der Waals surface area (Å²) in [4.78, 5) is 4.14. The van der Waals surface area contributed by atoms with Gasteiger partial charge in [-0.1, -0.05) is 13.0 Å². The molecule has 1 aromatic heterocycles. The molecule has 1 atom stereocenters. The maximum Gasteiger partial charge on any atom is 0.140 e. The van der Waals surface area contributed by atoms with Crippen molar-refractivity contribution in [2.24, 2.45) is 0 Å². The summed E-state index contributed by atoms with van der Waals surface area (Å²) in [5.41, 5.74) is 3.41. The summed E-state index contributed by atoms with van der Waals surface area (Å²) < 4.78 is 13.3. The highest BCUT2D eigenvalue weighted by Crippen LogP contribution is 2.18. The fourth-order valence-electron chi connectivity index (χ4n) is 2.30. The molecule has 0 aliphatic heterocycles. The number of rotatable bonds is 5. The fourth-order valence-corrected chi connectivity index (χ4v) is 2.30. The summed E-state index contributed by atoms with van der Waals surface area (Å²) in [7, 11) is 0. The molecule has 0 saturated carbocycles. The van der Waals surface area contributed by atoms with Crippen LogP contribution >= 0.6 is 0 Å². The predicted molar refractivity (Wildman–Crippen MR) is 80.0 cm³/mol. The van der Waals surface area contributed by atoms with Crippen LogP contribution in [0.4, 0.5) is 4.39 Å². The average molecular weight is 283 g/mol. The number of aryl methyl sites for hydroxylation is 1. The summed E-state index contributed by atoms with van der Waals surface area (Å²) in [5.74, 6) is -0.475. The maximum atomic E-state index is 13.3. The first-order chi connectivity index (χ1) is 10.2. The van der Waals surface area contributed by atoms with E-state index in [4.69, 9.17) is 5.26 Å². The van der Waals surface area contributed by atoms with Gasteiger partial charge >= 0.3 is 0 Å². The lowest BCUT2D eigenvalue weighted by Gasteiger charge is -2.17. The molecule has 2 aromatic rings. The van der Waals surface area contributed by atoms with Gasteiger partial charge in [-0.25, -0.2) is 4.39 Å². The maximum absolute atomic E-state index is 13.3. The van der Waals surface area contributed by atoms with Crippen molar-refractivity contribution in [3.05, 3.63) is 64.7 Å². The molecule has 0 unspecified atom stereocenters. The molecule has 1 N–H and O–H groups in total. The van der Waals surface area contributed by atoms with Gasteiger partial charge in [-0.3, -0.25) is 4.98 Å². The molecule has 0 aliphatic carbocycles. The van der Waals surface area contributed by atoms with E-state index in [0.29, 0.717) is 6.54 Å². The van der Waals surface area contributed by atoms with Crippen molar-refractivity contribution in [2.45, 2.75) is 32.9 Å². The van der Waals surface area contributed by atoms with Crippen LogP contribution in [0.25, 0.3) is 0 Å². The Bertz CT molecular complexity index is 661. The Balaban J connectivity index is 2.07. The normalized spacial score (nSPS) is 11.9. The van der Waals surface area contributed by atoms with E-state index in [9.17, 15) is 4.39 Å². The summed E-state index contributed by atoms with van der Waals surface area (Å²) >= 11 is 0. The van der Waals surface area contributed by atoms with E-state index in [1.807, 2.05) is 18.3 Å². The molecule has 0 radical (unpaired) electrons. The molecule has 0 saturated heterocycles. The van der Waals surface area contributed by atoms with Crippen molar-refractivity contribution in [1.82, 2.24) is 10.3 Å². The summed E-state index contributed by atoms with van der Waals surface area (Å²) in [5, 5.41) is 12.3. The Labute approximate surface area is 124 Å². The Morgan fingerprint density at radius 1 is 1.38 bits per heavy atom. The molecule has 0 bridgehead atoms. The van der Waals surface area contributed by atoms with E-state index in [2.05, 4.69) is 24.1 Å².